The van der Waals surface area contributed by atoms with Gasteiger partial charge in [-0.25, -0.2) is 4.68 Å². The predicted octanol–water partition coefficient (Wildman–Crippen LogP) is 2.57. The molecule has 2 aromatic rings. The number of hydrogen-bond acceptors (Lipinski definition) is 3. The van der Waals surface area contributed by atoms with E-state index in [0.717, 1.165) is 10.2 Å². The molecule has 1 N–H and O–H groups in total. The number of halogens is 1. The fourth-order valence-electron chi connectivity index (χ4n) is 2.71. The largest absolute Gasteiger partial charge is 0.481 e. The van der Waals surface area contributed by atoms with Gasteiger partial charge in [-0.05, 0) is 37.1 Å². The molecule has 0 unspecified atom stereocenters. The van der Waals surface area contributed by atoms with Gasteiger partial charge in [-0.15, -0.1) is 0 Å². The van der Waals surface area contributed by atoms with Crippen LogP contribution in [0.25, 0.3) is 5.69 Å². The summed E-state index contributed by atoms with van der Waals surface area (Å²) in [4.78, 5) is 25.3. The van der Waals surface area contributed by atoms with Crippen molar-refractivity contribution in [3.63, 3.8) is 0 Å². The molecule has 1 aromatic carbocycles. The van der Waals surface area contributed by atoms with Crippen LogP contribution in [0.1, 0.15) is 23.2 Å². The van der Waals surface area contributed by atoms with E-state index >= 15 is 0 Å². The Morgan fingerprint density at radius 3 is 2.70 bits per heavy atom. The molecule has 0 aliphatic carbocycles. The first-order chi connectivity index (χ1) is 11.0. The lowest BCUT2D eigenvalue weighted by Gasteiger charge is -2.30. The van der Waals surface area contributed by atoms with Crippen LogP contribution in [0.5, 0.6) is 0 Å². The molecular formula is C16H16BrN3O3. The zero-order chi connectivity index (χ0) is 16.4. The van der Waals surface area contributed by atoms with E-state index < -0.39 is 11.9 Å². The van der Waals surface area contributed by atoms with Crippen LogP contribution in [-0.2, 0) is 4.79 Å². The smallest absolute Gasteiger partial charge is 0.308 e. The van der Waals surface area contributed by atoms with E-state index in [-0.39, 0.29) is 12.5 Å². The third-order valence-corrected chi connectivity index (χ3v) is 4.51. The molecule has 1 aliphatic rings. The minimum Gasteiger partial charge on any atom is -0.481 e. The number of carboxylic acids is 1. The monoisotopic (exact) mass is 377 g/mol. The minimum absolute atomic E-state index is 0.167. The van der Waals surface area contributed by atoms with Crippen molar-refractivity contribution in [1.29, 1.82) is 0 Å². The number of rotatable bonds is 3. The van der Waals surface area contributed by atoms with Gasteiger partial charge in [-0.2, -0.15) is 5.10 Å². The number of carbonyl (C=O) groups is 2. The average Bonchev–Trinajstić information content (AvgIpc) is 3.05. The molecule has 120 valence electrons. The molecule has 1 saturated heterocycles. The second-order valence-corrected chi connectivity index (χ2v) is 6.49. The Labute approximate surface area is 141 Å². The highest BCUT2D eigenvalue weighted by Gasteiger charge is 2.29. The van der Waals surface area contributed by atoms with Gasteiger partial charge in [0.15, 0.2) is 0 Å². The summed E-state index contributed by atoms with van der Waals surface area (Å²) in [6, 6.07) is 7.60. The van der Waals surface area contributed by atoms with Gasteiger partial charge in [0.25, 0.3) is 5.91 Å². The summed E-state index contributed by atoms with van der Waals surface area (Å²) in [5.74, 6) is -1.48. The van der Waals surface area contributed by atoms with Crippen LogP contribution in [0, 0.1) is 5.92 Å². The molecule has 1 aromatic heterocycles. The Hall–Kier alpha value is -2.15. The maximum Gasteiger partial charge on any atom is 0.308 e. The van der Waals surface area contributed by atoms with Crippen molar-refractivity contribution in [3.05, 3.63) is 46.7 Å². The third kappa shape index (κ3) is 3.44. The van der Waals surface area contributed by atoms with Gasteiger partial charge in [0.05, 0.1) is 23.4 Å². The molecule has 0 spiro atoms. The Bertz CT molecular complexity index is 726. The highest BCUT2D eigenvalue weighted by Crippen LogP contribution is 2.19. The summed E-state index contributed by atoms with van der Waals surface area (Å²) in [5.41, 5.74) is 1.33. The molecule has 1 fully saturated rings. The lowest BCUT2D eigenvalue weighted by Crippen LogP contribution is -2.42. The van der Waals surface area contributed by atoms with Crippen LogP contribution in [-0.4, -0.2) is 44.8 Å². The van der Waals surface area contributed by atoms with Crippen LogP contribution in [0.15, 0.2) is 41.1 Å². The molecular weight excluding hydrogens is 362 g/mol. The fourth-order valence-corrected chi connectivity index (χ4v) is 2.98. The molecule has 0 bridgehead atoms. The maximum atomic E-state index is 12.5. The number of likely N-dealkylation sites (tertiary alicyclic amines) is 1. The van der Waals surface area contributed by atoms with Gasteiger partial charge in [-0.1, -0.05) is 15.9 Å². The van der Waals surface area contributed by atoms with Gasteiger partial charge in [0.1, 0.15) is 0 Å². The molecule has 6 nitrogen and oxygen atoms in total. The van der Waals surface area contributed by atoms with Gasteiger partial charge >= 0.3 is 5.97 Å². The topological polar surface area (TPSA) is 75.4 Å². The number of aliphatic carboxylic acids is 1. The summed E-state index contributed by atoms with van der Waals surface area (Å²) in [5, 5.41) is 13.3. The second kappa shape index (κ2) is 6.54. The zero-order valence-corrected chi connectivity index (χ0v) is 13.9. The highest BCUT2D eigenvalue weighted by atomic mass is 79.9. The standard InChI is InChI=1S/C16H16BrN3O3/c17-13-3-5-14(6-4-13)20-10-12(8-18-20)15(21)19-7-1-2-11(9-19)16(22)23/h3-6,8,10-11H,1-2,7,9H2,(H,22,23)/t11-/m1/s1. The lowest BCUT2D eigenvalue weighted by atomic mass is 9.98. The molecule has 23 heavy (non-hydrogen) atoms. The normalized spacial score (nSPS) is 18.0. The first kappa shape index (κ1) is 15.7. The number of amides is 1. The van der Waals surface area contributed by atoms with E-state index in [1.165, 1.54) is 6.20 Å². The summed E-state index contributed by atoms with van der Waals surface area (Å²) >= 11 is 3.38. The van der Waals surface area contributed by atoms with Crippen LogP contribution >= 0.6 is 15.9 Å². The number of carboxylic acid groups (broad SMARTS) is 1. The minimum atomic E-state index is -0.840. The van der Waals surface area contributed by atoms with E-state index in [2.05, 4.69) is 21.0 Å². The van der Waals surface area contributed by atoms with Crippen molar-refractivity contribution in [2.75, 3.05) is 13.1 Å². The Morgan fingerprint density at radius 1 is 1.26 bits per heavy atom. The van der Waals surface area contributed by atoms with Crippen molar-refractivity contribution < 1.29 is 14.7 Å². The van der Waals surface area contributed by atoms with Crippen LogP contribution in [0.3, 0.4) is 0 Å². The van der Waals surface area contributed by atoms with Crippen molar-refractivity contribution in [2.45, 2.75) is 12.8 Å². The number of benzene rings is 1. The zero-order valence-electron chi connectivity index (χ0n) is 12.4. The van der Waals surface area contributed by atoms with Gasteiger partial charge < -0.3 is 10.0 Å². The van der Waals surface area contributed by atoms with E-state index in [1.54, 1.807) is 15.8 Å². The predicted molar refractivity (Wildman–Crippen MR) is 87.5 cm³/mol. The molecule has 1 aliphatic heterocycles. The molecule has 1 amide bonds. The maximum absolute atomic E-state index is 12.5. The Kier molecular flexibility index (Phi) is 4.47. The van der Waals surface area contributed by atoms with E-state index in [0.29, 0.717) is 24.9 Å². The molecule has 7 heteroatoms. The van der Waals surface area contributed by atoms with Gasteiger partial charge in [0.2, 0.25) is 0 Å². The number of hydrogen-bond donors (Lipinski definition) is 1. The van der Waals surface area contributed by atoms with Crippen molar-refractivity contribution >= 4 is 27.8 Å². The first-order valence-corrected chi connectivity index (χ1v) is 8.16. The lowest BCUT2D eigenvalue weighted by molar-refractivity contribution is -0.143. The fraction of sp³-hybridized carbons (Fsp3) is 0.312. The van der Waals surface area contributed by atoms with Gasteiger partial charge in [-0.3, -0.25) is 9.59 Å². The Morgan fingerprint density at radius 2 is 2.00 bits per heavy atom. The average molecular weight is 378 g/mol. The molecule has 0 saturated carbocycles. The van der Waals surface area contributed by atoms with Gasteiger partial charge in [0, 0.05) is 23.8 Å². The highest BCUT2D eigenvalue weighted by molar-refractivity contribution is 9.10. The quantitative estimate of drug-likeness (QED) is 0.891. The number of aromatic nitrogens is 2. The van der Waals surface area contributed by atoms with Crippen molar-refractivity contribution in [2.24, 2.45) is 5.92 Å². The Balaban J connectivity index is 1.75. The number of piperidine rings is 1. The van der Waals surface area contributed by atoms with Crippen LogP contribution < -0.4 is 0 Å². The molecule has 0 radical (unpaired) electrons. The van der Waals surface area contributed by atoms with Crippen LogP contribution in [0.4, 0.5) is 0 Å². The SMILES string of the molecule is O=C(O)[C@@H]1CCCN(C(=O)c2cnn(-c3ccc(Br)cc3)c2)C1. The number of nitrogens with zero attached hydrogens (tertiary/aromatic N) is 3. The van der Waals surface area contributed by atoms with Crippen LogP contribution in [0.2, 0.25) is 0 Å². The third-order valence-electron chi connectivity index (χ3n) is 3.98. The van der Waals surface area contributed by atoms with Crippen molar-refractivity contribution in [1.82, 2.24) is 14.7 Å². The molecule has 2 heterocycles. The second-order valence-electron chi connectivity index (χ2n) is 5.58. The first-order valence-electron chi connectivity index (χ1n) is 7.37. The number of carbonyl (C=O) groups excluding carboxylic acids is 1. The summed E-state index contributed by atoms with van der Waals surface area (Å²) in [6.07, 6.45) is 4.53. The summed E-state index contributed by atoms with van der Waals surface area (Å²) in [6.45, 7) is 0.851. The molecule has 3 rings (SSSR count). The summed E-state index contributed by atoms with van der Waals surface area (Å²) < 4.78 is 2.61. The summed E-state index contributed by atoms with van der Waals surface area (Å²) in [7, 11) is 0. The van der Waals surface area contributed by atoms with Crippen molar-refractivity contribution in [3.8, 4) is 5.69 Å². The van der Waals surface area contributed by atoms with E-state index in [1.807, 2.05) is 24.3 Å². The molecule has 1 atom stereocenters. The van der Waals surface area contributed by atoms with E-state index in [9.17, 15) is 9.59 Å². The van der Waals surface area contributed by atoms with E-state index in [4.69, 9.17) is 5.11 Å².